The van der Waals surface area contributed by atoms with Gasteiger partial charge in [0.15, 0.2) is 0 Å². The van der Waals surface area contributed by atoms with E-state index >= 15 is 0 Å². The molecule has 17 heavy (non-hydrogen) atoms. The molecule has 0 radical (unpaired) electrons. The molecule has 1 aliphatic heterocycles. The van der Waals surface area contributed by atoms with Crippen molar-refractivity contribution in [1.29, 1.82) is 0 Å². The number of aliphatic hydroxyl groups is 1. The highest BCUT2D eigenvalue weighted by Crippen LogP contribution is 2.34. The Morgan fingerprint density at radius 1 is 1.65 bits per heavy atom. The molecule has 0 bridgehead atoms. The molecule has 1 aromatic carbocycles. The summed E-state index contributed by atoms with van der Waals surface area (Å²) in [5.74, 6) is -0.350. The van der Waals surface area contributed by atoms with Crippen LogP contribution in [0.25, 0.3) is 0 Å². The molecular weight excluding hydrogens is 242 g/mol. The van der Waals surface area contributed by atoms with Gasteiger partial charge in [-0.05, 0) is 19.1 Å². The summed E-state index contributed by atoms with van der Waals surface area (Å²) in [6, 6.07) is 4.66. The predicted octanol–water partition coefficient (Wildman–Crippen LogP) is 2.12. The van der Waals surface area contributed by atoms with E-state index in [2.05, 4.69) is 5.32 Å². The molecule has 0 fully saturated rings. The lowest BCUT2D eigenvalue weighted by Gasteiger charge is -2.29. The smallest absolute Gasteiger partial charge is 0.328 e. The van der Waals surface area contributed by atoms with Crippen molar-refractivity contribution in [3.05, 3.63) is 28.8 Å². The lowest BCUT2D eigenvalue weighted by Crippen LogP contribution is -2.36. The first-order valence-corrected chi connectivity index (χ1v) is 5.90. The van der Waals surface area contributed by atoms with Crippen LogP contribution >= 0.6 is 11.6 Å². The Bertz CT molecular complexity index is 436. The van der Waals surface area contributed by atoms with Gasteiger partial charge in [0.1, 0.15) is 6.04 Å². The number of anilines is 1. The highest BCUT2D eigenvalue weighted by molar-refractivity contribution is 6.30. The van der Waals surface area contributed by atoms with Gasteiger partial charge in [-0.15, -0.1) is 0 Å². The molecule has 0 aliphatic carbocycles. The summed E-state index contributed by atoms with van der Waals surface area (Å²) in [5, 5.41) is 13.5. The molecule has 4 nitrogen and oxygen atoms in total. The van der Waals surface area contributed by atoms with Crippen molar-refractivity contribution >= 4 is 23.3 Å². The average Bonchev–Trinajstić information content (AvgIpc) is 2.28. The van der Waals surface area contributed by atoms with Gasteiger partial charge in [-0.1, -0.05) is 17.7 Å². The summed E-state index contributed by atoms with van der Waals surface area (Å²) in [6.45, 7) is 2.08. The number of hydrogen-bond donors (Lipinski definition) is 2. The lowest BCUT2D eigenvalue weighted by atomic mass is 9.95. The molecule has 2 rings (SSSR count). The number of esters is 1. The van der Waals surface area contributed by atoms with Crippen molar-refractivity contribution in [1.82, 2.24) is 0 Å². The molecule has 0 saturated heterocycles. The van der Waals surface area contributed by atoms with Crippen LogP contribution in [0.15, 0.2) is 18.2 Å². The molecule has 92 valence electrons. The minimum atomic E-state index is -0.669. The highest BCUT2D eigenvalue weighted by atomic mass is 35.5. The normalized spacial score (nSPS) is 22.5. The zero-order valence-corrected chi connectivity index (χ0v) is 10.2. The quantitative estimate of drug-likeness (QED) is 0.795. The summed E-state index contributed by atoms with van der Waals surface area (Å²) in [5.41, 5.74) is 1.45. The third-order valence-electron chi connectivity index (χ3n) is 2.73. The number of halogens is 1. The van der Waals surface area contributed by atoms with Crippen LogP contribution in [0.2, 0.25) is 5.02 Å². The maximum absolute atomic E-state index is 11.6. The van der Waals surface area contributed by atoms with Crippen LogP contribution in [-0.4, -0.2) is 23.7 Å². The van der Waals surface area contributed by atoms with Gasteiger partial charge in [0.05, 0.1) is 12.7 Å². The maximum atomic E-state index is 11.6. The highest BCUT2D eigenvalue weighted by Gasteiger charge is 2.30. The number of aliphatic hydroxyl groups excluding tert-OH is 1. The standard InChI is InChI=1S/C12H14ClNO3/c1-2-17-12(16)10-6-11(15)8-4-3-7(13)5-9(8)14-10/h3-5,10-11,14-15H,2,6H2,1H3/t10-,11+/m0/s1. The van der Waals surface area contributed by atoms with Gasteiger partial charge >= 0.3 is 5.97 Å². The van der Waals surface area contributed by atoms with Gasteiger partial charge in [0.25, 0.3) is 0 Å². The van der Waals surface area contributed by atoms with Gasteiger partial charge in [-0.2, -0.15) is 0 Å². The largest absolute Gasteiger partial charge is 0.464 e. The molecular formula is C12H14ClNO3. The van der Waals surface area contributed by atoms with Crippen molar-refractivity contribution in [3.8, 4) is 0 Å². The van der Waals surface area contributed by atoms with Crippen LogP contribution in [0.3, 0.4) is 0 Å². The number of fused-ring (bicyclic) bond motifs is 1. The summed E-state index contributed by atoms with van der Waals surface area (Å²) in [7, 11) is 0. The van der Waals surface area contributed by atoms with Crippen LogP contribution < -0.4 is 5.32 Å². The Morgan fingerprint density at radius 2 is 2.41 bits per heavy atom. The van der Waals surface area contributed by atoms with Gasteiger partial charge in [-0.25, -0.2) is 4.79 Å². The van der Waals surface area contributed by atoms with E-state index in [1.165, 1.54) is 0 Å². The van der Waals surface area contributed by atoms with E-state index in [1.807, 2.05) is 0 Å². The molecule has 0 amide bonds. The molecule has 0 aromatic heterocycles. The van der Waals surface area contributed by atoms with Gasteiger partial charge in [-0.3, -0.25) is 0 Å². The number of rotatable bonds is 2. The number of nitrogens with one attached hydrogen (secondary N) is 1. The first-order chi connectivity index (χ1) is 8.11. The van der Waals surface area contributed by atoms with E-state index in [9.17, 15) is 9.90 Å². The van der Waals surface area contributed by atoms with Crippen molar-refractivity contribution in [2.75, 3.05) is 11.9 Å². The zero-order chi connectivity index (χ0) is 12.4. The van der Waals surface area contributed by atoms with Crippen LogP contribution in [0.4, 0.5) is 5.69 Å². The van der Waals surface area contributed by atoms with Gasteiger partial charge < -0.3 is 15.2 Å². The second-order valence-electron chi connectivity index (χ2n) is 3.93. The number of ether oxygens (including phenoxy) is 1. The van der Waals surface area contributed by atoms with E-state index < -0.39 is 12.1 Å². The summed E-state index contributed by atoms with van der Waals surface area (Å²) < 4.78 is 4.93. The van der Waals surface area contributed by atoms with E-state index in [1.54, 1.807) is 25.1 Å². The molecule has 2 N–H and O–H groups in total. The summed E-state index contributed by atoms with van der Waals surface area (Å²) in [6.07, 6.45) is -0.356. The van der Waals surface area contributed by atoms with E-state index in [-0.39, 0.29) is 5.97 Å². The van der Waals surface area contributed by atoms with Crippen LogP contribution in [0.1, 0.15) is 25.0 Å². The molecule has 2 atom stereocenters. The van der Waals surface area contributed by atoms with Crippen LogP contribution in [0.5, 0.6) is 0 Å². The second kappa shape index (κ2) is 4.94. The Labute approximate surface area is 105 Å². The average molecular weight is 256 g/mol. The van der Waals surface area contributed by atoms with Crippen molar-refractivity contribution in [2.45, 2.75) is 25.5 Å². The molecule has 0 unspecified atom stereocenters. The van der Waals surface area contributed by atoms with Crippen LogP contribution in [-0.2, 0) is 9.53 Å². The molecule has 1 aliphatic rings. The SMILES string of the molecule is CCOC(=O)[C@@H]1C[C@@H](O)c2ccc(Cl)cc2N1. The number of carbonyl (C=O) groups is 1. The number of hydrogen-bond acceptors (Lipinski definition) is 4. The van der Waals surface area contributed by atoms with Crippen LogP contribution in [0, 0.1) is 0 Å². The van der Waals surface area contributed by atoms with Crippen molar-refractivity contribution in [3.63, 3.8) is 0 Å². The Kier molecular flexibility index (Phi) is 3.54. The lowest BCUT2D eigenvalue weighted by molar-refractivity contribution is -0.145. The molecule has 1 aromatic rings. The van der Waals surface area contributed by atoms with E-state index in [4.69, 9.17) is 16.3 Å². The maximum Gasteiger partial charge on any atom is 0.328 e. The summed E-state index contributed by atoms with van der Waals surface area (Å²) >= 11 is 5.88. The topological polar surface area (TPSA) is 58.6 Å². The number of carbonyl (C=O) groups excluding carboxylic acids is 1. The molecule has 1 heterocycles. The van der Waals surface area contributed by atoms with Gasteiger partial charge in [0.2, 0.25) is 0 Å². The summed E-state index contributed by atoms with van der Waals surface area (Å²) in [4.78, 5) is 11.6. The third-order valence-corrected chi connectivity index (χ3v) is 2.97. The Balaban J connectivity index is 2.22. The van der Waals surface area contributed by atoms with Gasteiger partial charge in [0, 0.05) is 22.7 Å². The minimum Gasteiger partial charge on any atom is -0.464 e. The molecule has 0 spiro atoms. The fourth-order valence-corrected chi connectivity index (χ4v) is 2.11. The monoisotopic (exact) mass is 255 g/mol. The minimum absolute atomic E-state index is 0.313. The first kappa shape index (κ1) is 12.2. The second-order valence-corrected chi connectivity index (χ2v) is 4.37. The van der Waals surface area contributed by atoms with E-state index in [0.717, 1.165) is 5.56 Å². The Hall–Kier alpha value is -1.26. The third kappa shape index (κ3) is 2.53. The first-order valence-electron chi connectivity index (χ1n) is 5.52. The van der Waals surface area contributed by atoms with E-state index in [0.29, 0.717) is 23.7 Å². The predicted molar refractivity (Wildman–Crippen MR) is 65.1 cm³/mol. The zero-order valence-electron chi connectivity index (χ0n) is 9.44. The van der Waals surface area contributed by atoms with Crippen molar-refractivity contribution in [2.24, 2.45) is 0 Å². The fourth-order valence-electron chi connectivity index (χ4n) is 1.94. The number of benzene rings is 1. The molecule has 5 heteroatoms. The Morgan fingerprint density at radius 3 is 3.12 bits per heavy atom. The van der Waals surface area contributed by atoms with Crippen molar-refractivity contribution < 1.29 is 14.6 Å². The molecule has 0 saturated carbocycles. The fraction of sp³-hybridized carbons (Fsp3) is 0.417.